The molecular formula is C17H17N3S. The van der Waals surface area contributed by atoms with Crippen molar-refractivity contribution >= 4 is 21.4 Å². The van der Waals surface area contributed by atoms with Gasteiger partial charge in [-0.2, -0.15) is 0 Å². The van der Waals surface area contributed by atoms with E-state index in [4.69, 9.17) is 0 Å². The first kappa shape index (κ1) is 12.9. The molecule has 2 aromatic heterocycles. The maximum Gasteiger partial charge on any atom is 0.125 e. The normalized spacial score (nSPS) is 15.3. The van der Waals surface area contributed by atoms with E-state index in [2.05, 4.69) is 45.2 Å². The summed E-state index contributed by atoms with van der Waals surface area (Å²) in [5.41, 5.74) is 2.52. The molecule has 3 heterocycles. The van der Waals surface area contributed by atoms with Crippen LogP contribution in [0.15, 0.2) is 36.5 Å². The second-order valence-electron chi connectivity index (χ2n) is 5.60. The lowest BCUT2D eigenvalue weighted by atomic mass is 10.1. The van der Waals surface area contributed by atoms with Gasteiger partial charge in [0.2, 0.25) is 0 Å². The van der Waals surface area contributed by atoms with Crippen LogP contribution in [0.1, 0.15) is 22.0 Å². The van der Waals surface area contributed by atoms with Crippen LogP contribution in [0.2, 0.25) is 0 Å². The Balaban J connectivity index is 1.54. The SMILES string of the molecule is Cc1ncc2c(n1)CCN(Cc1cc3ccccc3s1)C2. The Morgan fingerprint density at radius 1 is 1.29 bits per heavy atom. The van der Waals surface area contributed by atoms with Gasteiger partial charge in [0.15, 0.2) is 0 Å². The van der Waals surface area contributed by atoms with Crippen LogP contribution in [0.3, 0.4) is 0 Å². The number of aromatic nitrogens is 2. The molecule has 4 rings (SSSR count). The van der Waals surface area contributed by atoms with Gasteiger partial charge >= 0.3 is 0 Å². The van der Waals surface area contributed by atoms with Crippen molar-refractivity contribution in [2.75, 3.05) is 6.54 Å². The van der Waals surface area contributed by atoms with Crippen molar-refractivity contribution in [3.63, 3.8) is 0 Å². The smallest absolute Gasteiger partial charge is 0.125 e. The number of benzene rings is 1. The highest BCUT2D eigenvalue weighted by molar-refractivity contribution is 7.19. The van der Waals surface area contributed by atoms with Crippen LogP contribution < -0.4 is 0 Å². The zero-order valence-electron chi connectivity index (χ0n) is 12.0. The van der Waals surface area contributed by atoms with E-state index in [9.17, 15) is 0 Å². The maximum absolute atomic E-state index is 4.55. The number of rotatable bonds is 2. The van der Waals surface area contributed by atoms with E-state index in [1.807, 2.05) is 24.5 Å². The van der Waals surface area contributed by atoms with Gasteiger partial charge in [-0.3, -0.25) is 4.90 Å². The van der Waals surface area contributed by atoms with Crippen molar-refractivity contribution in [1.29, 1.82) is 0 Å². The Labute approximate surface area is 128 Å². The number of hydrogen-bond donors (Lipinski definition) is 0. The van der Waals surface area contributed by atoms with Crippen molar-refractivity contribution in [2.45, 2.75) is 26.4 Å². The Hall–Kier alpha value is -1.78. The number of thiophene rings is 1. The number of nitrogens with zero attached hydrogens (tertiary/aromatic N) is 3. The predicted octanol–water partition coefficient (Wildman–Crippen LogP) is 3.56. The molecule has 0 spiro atoms. The molecule has 0 unspecified atom stereocenters. The largest absolute Gasteiger partial charge is 0.293 e. The molecule has 3 aromatic rings. The second-order valence-corrected chi connectivity index (χ2v) is 6.77. The number of hydrogen-bond acceptors (Lipinski definition) is 4. The van der Waals surface area contributed by atoms with E-state index in [-0.39, 0.29) is 0 Å². The molecule has 0 amide bonds. The standard InChI is InChI=1S/C17H17N3S/c1-12-18-9-14-10-20(7-6-16(14)19-12)11-15-8-13-4-2-3-5-17(13)21-15/h2-5,8-9H,6-7,10-11H2,1H3. The van der Waals surface area contributed by atoms with Gasteiger partial charge in [-0.25, -0.2) is 9.97 Å². The fraction of sp³-hybridized carbons (Fsp3) is 0.294. The lowest BCUT2D eigenvalue weighted by Crippen LogP contribution is -2.30. The Morgan fingerprint density at radius 2 is 2.19 bits per heavy atom. The van der Waals surface area contributed by atoms with E-state index in [1.165, 1.54) is 26.2 Å². The highest BCUT2D eigenvalue weighted by Crippen LogP contribution is 2.27. The molecule has 0 radical (unpaired) electrons. The minimum atomic E-state index is 0.881. The molecule has 0 fully saturated rings. The monoisotopic (exact) mass is 295 g/mol. The molecule has 0 N–H and O–H groups in total. The van der Waals surface area contributed by atoms with Crippen molar-refractivity contribution < 1.29 is 0 Å². The summed E-state index contributed by atoms with van der Waals surface area (Å²) in [6.45, 7) is 5.03. The van der Waals surface area contributed by atoms with Crippen molar-refractivity contribution in [1.82, 2.24) is 14.9 Å². The lowest BCUT2D eigenvalue weighted by Gasteiger charge is -2.27. The molecule has 0 bridgehead atoms. The average Bonchev–Trinajstić information content (AvgIpc) is 2.89. The maximum atomic E-state index is 4.55. The lowest BCUT2D eigenvalue weighted by molar-refractivity contribution is 0.245. The minimum Gasteiger partial charge on any atom is -0.293 e. The summed E-state index contributed by atoms with van der Waals surface area (Å²) in [4.78, 5) is 12.8. The summed E-state index contributed by atoms with van der Waals surface area (Å²) in [6, 6.07) is 10.9. The fourth-order valence-electron chi connectivity index (χ4n) is 2.94. The zero-order valence-corrected chi connectivity index (χ0v) is 12.9. The second kappa shape index (κ2) is 5.20. The summed E-state index contributed by atoms with van der Waals surface area (Å²) in [5.74, 6) is 0.881. The van der Waals surface area contributed by atoms with Gasteiger partial charge < -0.3 is 0 Å². The van der Waals surface area contributed by atoms with Crippen LogP contribution in [0.25, 0.3) is 10.1 Å². The Kier molecular flexibility index (Phi) is 3.20. The van der Waals surface area contributed by atoms with Gasteiger partial charge in [0.05, 0.1) is 0 Å². The Bertz CT molecular complexity index is 761. The molecule has 21 heavy (non-hydrogen) atoms. The van der Waals surface area contributed by atoms with Crippen molar-refractivity contribution in [3.8, 4) is 0 Å². The Morgan fingerprint density at radius 3 is 3.10 bits per heavy atom. The molecule has 0 saturated heterocycles. The summed E-state index contributed by atoms with van der Waals surface area (Å²) >= 11 is 1.90. The van der Waals surface area contributed by atoms with E-state index >= 15 is 0 Å². The summed E-state index contributed by atoms with van der Waals surface area (Å²) in [6.07, 6.45) is 3.03. The van der Waals surface area contributed by atoms with Gasteiger partial charge in [0, 0.05) is 53.1 Å². The van der Waals surface area contributed by atoms with Gasteiger partial charge in [-0.1, -0.05) is 18.2 Å². The summed E-state index contributed by atoms with van der Waals surface area (Å²) in [5, 5.41) is 1.36. The minimum absolute atomic E-state index is 0.881. The molecule has 3 nitrogen and oxygen atoms in total. The molecule has 1 aliphatic rings. The first-order valence-electron chi connectivity index (χ1n) is 7.29. The third-order valence-corrected chi connectivity index (χ3v) is 5.09. The van der Waals surface area contributed by atoms with Gasteiger partial charge in [-0.15, -0.1) is 11.3 Å². The molecular weight excluding hydrogens is 278 g/mol. The quantitative estimate of drug-likeness (QED) is 0.724. The van der Waals surface area contributed by atoms with Crippen LogP contribution in [0.5, 0.6) is 0 Å². The fourth-order valence-corrected chi connectivity index (χ4v) is 4.05. The van der Waals surface area contributed by atoms with Crippen LogP contribution in [0, 0.1) is 6.92 Å². The predicted molar refractivity (Wildman–Crippen MR) is 86.4 cm³/mol. The molecule has 0 saturated carbocycles. The third-order valence-electron chi connectivity index (χ3n) is 3.99. The number of fused-ring (bicyclic) bond motifs is 2. The molecule has 0 aliphatic carbocycles. The summed E-state index contributed by atoms with van der Waals surface area (Å²) < 4.78 is 1.38. The molecule has 4 heteroatoms. The van der Waals surface area contributed by atoms with Gasteiger partial charge in [-0.05, 0) is 24.4 Å². The van der Waals surface area contributed by atoms with E-state index in [1.54, 1.807) is 0 Å². The van der Waals surface area contributed by atoms with E-state index < -0.39 is 0 Å². The first-order chi connectivity index (χ1) is 10.3. The molecule has 106 valence electrons. The van der Waals surface area contributed by atoms with Gasteiger partial charge in [0.25, 0.3) is 0 Å². The van der Waals surface area contributed by atoms with Crippen LogP contribution in [0.4, 0.5) is 0 Å². The van der Waals surface area contributed by atoms with Gasteiger partial charge in [0.1, 0.15) is 5.82 Å². The van der Waals surface area contributed by atoms with Crippen LogP contribution in [-0.2, 0) is 19.5 Å². The highest BCUT2D eigenvalue weighted by atomic mass is 32.1. The molecule has 1 aliphatic heterocycles. The van der Waals surface area contributed by atoms with Crippen LogP contribution in [-0.4, -0.2) is 21.4 Å². The van der Waals surface area contributed by atoms with Crippen LogP contribution >= 0.6 is 11.3 Å². The molecule has 0 atom stereocenters. The third kappa shape index (κ3) is 2.57. The average molecular weight is 295 g/mol. The summed E-state index contributed by atoms with van der Waals surface area (Å²) in [7, 11) is 0. The van der Waals surface area contributed by atoms with Crippen molar-refractivity contribution in [3.05, 3.63) is 58.5 Å². The first-order valence-corrected chi connectivity index (χ1v) is 8.11. The highest BCUT2D eigenvalue weighted by Gasteiger charge is 2.18. The molecule has 1 aromatic carbocycles. The zero-order chi connectivity index (χ0) is 14.2. The topological polar surface area (TPSA) is 29.0 Å². The van der Waals surface area contributed by atoms with E-state index in [0.717, 1.165) is 31.9 Å². The van der Waals surface area contributed by atoms with E-state index in [0.29, 0.717) is 0 Å². The van der Waals surface area contributed by atoms with Crippen molar-refractivity contribution in [2.24, 2.45) is 0 Å². The number of aryl methyl sites for hydroxylation is 1.